The van der Waals surface area contributed by atoms with E-state index < -0.39 is 87.7 Å². The number of fused-ring (bicyclic) bond motifs is 5. The summed E-state index contributed by atoms with van der Waals surface area (Å²) in [6, 6.07) is 8.41. The highest BCUT2D eigenvalue weighted by molar-refractivity contribution is 7.92. The van der Waals surface area contributed by atoms with Crippen molar-refractivity contribution in [1.82, 2.24) is 34.4 Å². The molecule has 2 aliphatic rings. The number of sulfonamides is 1. The lowest BCUT2D eigenvalue weighted by Gasteiger charge is -2.24. The highest BCUT2D eigenvalue weighted by atomic mass is 35.5. The lowest BCUT2D eigenvalue weighted by atomic mass is 10.0. The first-order valence-electron chi connectivity index (χ1n) is 18.7. The van der Waals surface area contributed by atoms with Gasteiger partial charge in [-0.2, -0.15) is 19.0 Å². The van der Waals surface area contributed by atoms with E-state index in [1.807, 2.05) is 6.92 Å². The number of aryl methyl sites for hydroxylation is 1. The van der Waals surface area contributed by atoms with Gasteiger partial charge in [-0.15, -0.1) is 0 Å². The van der Waals surface area contributed by atoms with Crippen molar-refractivity contribution < 1.29 is 44.3 Å². The number of hydrogen-bond donors (Lipinski definition) is 2. The number of carbonyl (C=O) groups excluding carboxylic acids is 1. The predicted octanol–water partition coefficient (Wildman–Crippen LogP) is 7.20. The highest BCUT2D eigenvalue weighted by Crippen LogP contribution is 2.68. The van der Waals surface area contributed by atoms with Gasteiger partial charge in [-0.05, 0) is 60.7 Å². The van der Waals surface area contributed by atoms with E-state index in [0.717, 1.165) is 35.8 Å². The second-order valence-corrected chi connectivity index (χ2v) is 17.1. The van der Waals surface area contributed by atoms with Crippen LogP contribution in [-0.2, 0) is 40.8 Å². The van der Waals surface area contributed by atoms with Crippen LogP contribution >= 0.6 is 11.6 Å². The third-order valence-corrected chi connectivity index (χ3v) is 11.4. The maximum Gasteiger partial charge on any atom is 0.293 e. The summed E-state index contributed by atoms with van der Waals surface area (Å²) in [4.78, 5) is 33.7. The van der Waals surface area contributed by atoms with Gasteiger partial charge in [0.2, 0.25) is 15.9 Å². The number of alkyl halides is 4. The average Bonchev–Trinajstić information content (AvgIpc) is 3.70. The second kappa shape index (κ2) is 15.1. The summed E-state index contributed by atoms with van der Waals surface area (Å²) in [5, 5.41) is 10.8. The number of unbranched alkanes of at least 4 members (excludes halogenated alkanes) is 1. The molecule has 0 spiro atoms. The number of amides is 1. The van der Waals surface area contributed by atoms with Gasteiger partial charge in [-0.1, -0.05) is 24.9 Å². The Kier molecular flexibility index (Phi) is 10.4. The van der Waals surface area contributed by atoms with Crippen LogP contribution in [0.5, 0.6) is 5.75 Å². The smallest absolute Gasteiger partial charge is 0.293 e. The number of nitrogens with zero attached hydrogens (tertiary/aromatic N) is 6. The van der Waals surface area contributed by atoms with Gasteiger partial charge in [0.15, 0.2) is 5.82 Å². The van der Waals surface area contributed by atoms with Crippen LogP contribution in [-0.4, -0.2) is 56.3 Å². The van der Waals surface area contributed by atoms with E-state index in [-0.39, 0.29) is 61.7 Å². The number of carbonyl (C=O) groups is 1. The molecule has 3 atom stereocenters. The minimum atomic E-state index is -3.90. The lowest BCUT2D eigenvalue weighted by Crippen LogP contribution is -2.38. The molecule has 316 valence electrons. The molecule has 1 saturated carbocycles. The molecule has 8 rings (SSSR count). The molecule has 1 amide bonds. The van der Waals surface area contributed by atoms with E-state index in [1.54, 1.807) is 6.07 Å². The van der Waals surface area contributed by atoms with Gasteiger partial charge in [0, 0.05) is 37.1 Å². The van der Waals surface area contributed by atoms with Crippen LogP contribution < -0.4 is 20.3 Å². The molecule has 1 fully saturated rings. The van der Waals surface area contributed by atoms with E-state index in [4.69, 9.17) is 21.3 Å². The lowest BCUT2D eigenvalue weighted by molar-refractivity contribution is -0.123. The monoisotopic (exact) mass is 876 g/mol. The van der Waals surface area contributed by atoms with Gasteiger partial charge in [0.05, 0.1) is 51.4 Å². The number of benzene rings is 3. The molecule has 2 N–H and O–H groups in total. The van der Waals surface area contributed by atoms with Gasteiger partial charge in [-0.3, -0.25) is 28.2 Å². The molecule has 13 nitrogen and oxygen atoms in total. The Morgan fingerprint density at radius 1 is 1.08 bits per heavy atom. The Balaban J connectivity index is 1.32. The number of rotatable bonds is 14. The van der Waals surface area contributed by atoms with Crippen LogP contribution in [0.25, 0.3) is 27.5 Å². The maximum atomic E-state index is 15.5. The van der Waals surface area contributed by atoms with Crippen molar-refractivity contribution >= 4 is 55.2 Å². The molecule has 0 saturated heterocycles. The molecule has 2 aliphatic carbocycles. The molecular formula is C39H35ClF6N8O5S. The first-order chi connectivity index (χ1) is 28.4. The van der Waals surface area contributed by atoms with E-state index in [1.165, 1.54) is 36.0 Å². The van der Waals surface area contributed by atoms with Crippen molar-refractivity contribution in [3.05, 3.63) is 104 Å². The zero-order valence-corrected chi connectivity index (χ0v) is 33.5. The van der Waals surface area contributed by atoms with Crippen molar-refractivity contribution in [1.29, 1.82) is 0 Å². The third kappa shape index (κ3) is 7.43. The van der Waals surface area contributed by atoms with Crippen LogP contribution in [0, 0.1) is 17.6 Å². The van der Waals surface area contributed by atoms with Crippen LogP contribution in [0.2, 0.25) is 5.02 Å². The SMILES string of the molecule is CCCCOc1ccc2c(=O)n(-c3ccc(Cl)c4c(NS(C)(=O)=O)nn(C)c34)c([C@H](Cc3cc(F)cc(F)c3)NC(=O)Cn3nc(C(F)F)c4c3C(F)(F)C3CC43)nc2c1. The summed E-state index contributed by atoms with van der Waals surface area (Å²) >= 11 is 6.60. The van der Waals surface area contributed by atoms with E-state index in [2.05, 4.69) is 20.2 Å². The Hall–Kier alpha value is -5.63. The quantitative estimate of drug-likeness (QED) is 0.0861. The normalized spacial score (nSPS) is 17.2. The van der Waals surface area contributed by atoms with Crippen LogP contribution in [0.15, 0.2) is 53.3 Å². The maximum absolute atomic E-state index is 15.5. The number of hydrogen-bond acceptors (Lipinski definition) is 8. The molecule has 60 heavy (non-hydrogen) atoms. The molecule has 3 aromatic heterocycles. The second-order valence-electron chi connectivity index (χ2n) is 14.9. The number of aromatic nitrogens is 6. The van der Waals surface area contributed by atoms with Crippen molar-refractivity contribution in [2.24, 2.45) is 13.0 Å². The summed E-state index contributed by atoms with van der Waals surface area (Å²) in [7, 11) is -2.44. The van der Waals surface area contributed by atoms with Gasteiger partial charge in [0.25, 0.3) is 17.9 Å². The van der Waals surface area contributed by atoms with E-state index in [9.17, 15) is 35.6 Å². The minimum Gasteiger partial charge on any atom is -0.494 e. The van der Waals surface area contributed by atoms with Crippen molar-refractivity contribution in [2.75, 3.05) is 17.6 Å². The summed E-state index contributed by atoms with van der Waals surface area (Å²) < 4.78 is 124. The first-order valence-corrected chi connectivity index (χ1v) is 21.0. The Morgan fingerprint density at radius 2 is 1.82 bits per heavy atom. The third-order valence-electron chi connectivity index (χ3n) is 10.5. The van der Waals surface area contributed by atoms with Crippen LogP contribution in [0.4, 0.5) is 32.2 Å². The molecule has 0 radical (unpaired) electrons. The number of ether oxygens (including phenoxy) is 1. The van der Waals surface area contributed by atoms with E-state index >= 15 is 8.78 Å². The fourth-order valence-corrected chi connectivity index (χ4v) is 8.72. The zero-order valence-electron chi connectivity index (χ0n) is 31.9. The molecule has 3 aromatic carbocycles. The van der Waals surface area contributed by atoms with Gasteiger partial charge >= 0.3 is 0 Å². The van der Waals surface area contributed by atoms with Crippen LogP contribution in [0.3, 0.4) is 0 Å². The van der Waals surface area contributed by atoms with Gasteiger partial charge in [0.1, 0.15) is 41.1 Å². The molecule has 0 bridgehead atoms. The summed E-state index contributed by atoms with van der Waals surface area (Å²) in [6.45, 7) is 1.34. The fraction of sp³-hybridized carbons (Fsp3) is 0.359. The van der Waals surface area contributed by atoms with Crippen LogP contribution in [0.1, 0.15) is 72.9 Å². The summed E-state index contributed by atoms with van der Waals surface area (Å²) in [6.07, 6.45) is -1.20. The fourth-order valence-electron chi connectivity index (χ4n) is 7.98. The minimum absolute atomic E-state index is 0.000833. The number of nitrogens with one attached hydrogen (secondary N) is 2. The van der Waals surface area contributed by atoms with Gasteiger partial charge < -0.3 is 10.1 Å². The molecule has 2 unspecified atom stereocenters. The number of anilines is 1. The average molecular weight is 877 g/mol. The molecule has 21 heteroatoms. The highest BCUT2D eigenvalue weighted by Gasteiger charge is 2.67. The Bertz CT molecular complexity index is 2880. The molecule has 0 aliphatic heterocycles. The summed E-state index contributed by atoms with van der Waals surface area (Å²) in [5.74, 6) is -8.62. The predicted molar refractivity (Wildman–Crippen MR) is 208 cm³/mol. The van der Waals surface area contributed by atoms with Crippen molar-refractivity contribution in [3.63, 3.8) is 0 Å². The zero-order chi connectivity index (χ0) is 43.0. The van der Waals surface area contributed by atoms with Crippen molar-refractivity contribution in [2.45, 2.75) is 63.5 Å². The largest absolute Gasteiger partial charge is 0.494 e. The Morgan fingerprint density at radius 3 is 2.50 bits per heavy atom. The molecular weight excluding hydrogens is 842 g/mol. The summed E-state index contributed by atoms with van der Waals surface area (Å²) in [5.41, 5.74) is -2.45. The first kappa shape index (κ1) is 41.1. The van der Waals surface area contributed by atoms with Crippen molar-refractivity contribution in [3.8, 4) is 11.4 Å². The number of halogens is 7. The van der Waals surface area contributed by atoms with Gasteiger partial charge in [-0.25, -0.2) is 31.0 Å². The molecule has 3 heterocycles. The molecule has 6 aromatic rings. The standard InChI is InChI=1S/C39H35ClF6N8O5S/c1-4-5-10-59-21-6-7-22-26(15-21)48-37(54(38(22)56)28-9-8-25(40)31-33(28)52(2)50-36(31)51-60(3,57)58)27(13-18-11-19(41)14-20(42)12-18)47-29(55)17-53-34-30(32(49-53)35(43)44)23-16-24(23)39(34,45)46/h6-9,11-12,14-15,23-24,27,35H,4-5,10,13,16-17H2,1-3H3,(H,47,55)(H,50,51)/t23?,24?,27-/m0/s1. The Labute approximate surface area is 342 Å². The topological polar surface area (TPSA) is 155 Å². The van der Waals surface area contributed by atoms with E-state index in [0.29, 0.717) is 23.1 Å².